The molecule has 1 saturated heterocycles. The van der Waals surface area contributed by atoms with Crippen molar-refractivity contribution in [3.63, 3.8) is 0 Å². The van der Waals surface area contributed by atoms with Crippen LogP contribution in [-0.2, 0) is 10.0 Å². The normalized spacial score (nSPS) is 14.7. The van der Waals surface area contributed by atoms with Crippen LogP contribution in [0.3, 0.4) is 0 Å². The maximum atomic E-state index is 12.9. The maximum absolute atomic E-state index is 12.9. The van der Waals surface area contributed by atoms with Crippen molar-refractivity contribution in [3.8, 4) is 28.9 Å². The predicted molar refractivity (Wildman–Crippen MR) is 111 cm³/mol. The molecule has 0 radical (unpaired) electrons. The zero-order valence-electron chi connectivity index (χ0n) is 16.7. The quantitative estimate of drug-likeness (QED) is 0.690. The second-order valence-electron chi connectivity index (χ2n) is 7.30. The van der Waals surface area contributed by atoms with E-state index < -0.39 is 10.0 Å². The Labute approximate surface area is 175 Å². The number of rotatable bonds is 4. The van der Waals surface area contributed by atoms with Crippen LogP contribution in [0.1, 0.15) is 29.7 Å². The summed E-state index contributed by atoms with van der Waals surface area (Å²) in [7, 11) is -3.58. The van der Waals surface area contributed by atoms with E-state index in [2.05, 4.69) is 16.2 Å². The summed E-state index contributed by atoms with van der Waals surface area (Å²) in [4.78, 5) is 4.45. The zero-order chi connectivity index (χ0) is 21.5. The fourth-order valence-corrected chi connectivity index (χ4v) is 5.38. The Morgan fingerprint density at radius 1 is 1.13 bits per heavy atom. The molecular weight excluding hydrogens is 402 g/mol. The van der Waals surface area contributed by atoms with Gasteiger partial charge in [0.25, 0.3) is 0 Å². The first-order valence-corrected chi connectivity index (χ1v) is 11.0. The van der Waals surface area contributed by atoms with Crippen molar-refractivity contribution in [1.82, 2.24) is 19.1 Å². The van der Waals surface area contributed by atoms with Crippen molar-refractivity contribution in [2.45, 2.75) is 31.6 Å². The number of aromatic hydroxyl groups is 1. The Bertz CT molecular complexity index is 1250. The van der Waals surface area contributed by atoms with E-state index in [-0.39, 0.29) is 10.8 Å². The molecule has 1 N–H and O–H groups in total. The van der Waals surface area contributed by atoms with E-state index in [9.17, 15) is 13.5 Å². The van der Waals surface area contributed by atoms with Crippen LogP contribution < -0.4 is 0 Å². The highest BCUT2D eigenvalue weighted by Gasteiger charge is 2.29. The number of nitrogens with zero attached hydrogens (tertiary/aromatic N) is 5. The van der Waals surface area contributed by atoms with Gasteiger partial charge in [-0.05, 0) is 56.0 Å². The molecule has 9 heteroatoms. The van der Waals surface area contributed by atoms with Crippen molar-refractivity contribution < 1.29 is 13.5 Å². The number of aryl methyl sites for hydroxylation is 2. The summed E-state index contributed by atoms with van der Waals surface area (Å²) in [6, 6.07) is 10.5. The molecule has 3 heterocycles. The van der Waals surface area contributed by atoms with Crippen molar-refractivity contribution in [2.75, 3.05) is 13.1 Å². The summed E-state index contributed by atoms with van der Waals surface area (Å²) in [6.07, 6.45) is 3.06. The molecule has 154 valence electrons. The lowest BCUT2D eigenvalue weighted by Gasteiger charge is -2.17. The maximum Gasteiger partial charge on any atom is 0.244 e. The highest BCUT2D eigenvalue weighted by Crippen LogP contribution is 2.34. The average Bonchev–Trinajstić information content (AvgIpc) is 3.37. The molecule has 0 spiro atoms. The van der Waals surface area contributed by atoms with Gasteiger partial charge in [-0.3, -0.25) is 0 Å². The summed E-state index contributed by atoms with van der Waals surface area (Å²) in [5.74, 6) is 0.229. The molecule has 2 aromatic heterocycles. The van der Waals surface area contributed by atoms with Gasteiger partial charge in [-0.25, -0.2) is 13.4 Å². The minimum absolute atomic E-state index is 0.0979. The average molecular weight is 423 g/mol. The standard InChI is InChI=1S/C21H21N5O3S/c1-14-11-19(23-13-18(14)30(28,29)25-9-3-4-10-25)26-21(27)20(15(2)24-26)17-7-5-16(12-22)6-8-17/h5-8,11,13,27H,3-4,9-10H2,1-2H3. The third kappa shape index (κ3) is 3.34. The number of benzene rings is 1. The fraction of sp³-hybridized carbons (Fsp3) is 0.286. The number of hydrogen-bond acceptors (Lipinski definition) is 6. The molecular formula is C21H21N5O3S. The molecule has 3 aromatic rings. The lowest BCUT2D eigenvalue weighted by molar-refractivity contribution is 0.433. The lowest BCUT2D eigenvalue weighted by Crippen LogP contribution is -2.28. The van der Waals surface area contributed by atoms with Gasteiger partial charge in [0, 0.05) is 19.3 Å². The molecule has 4 rings (SSSR count). The van der Waals surface area contributed by atoms with Gasteiger partial charge in [-0.2, -0.15) is 19.3 Å². The molecule has 1 aliphatic rings. The van der Waals surface area contributed by atoms with Crippen LogP contribution in [0.2, 0.25) is 0 Å². The van der Waals surface area contributed by atoms with Crippen LogP contribution in [0.25, 0.3) is 16.9 Å². The van der Waals surface area contributed by atoms with Gasteiger partial charge < -0.3 is 5.11 Å². The van der Waals surface area contributed by atoms with Gasteiger partial charge in [0.05, 0.1) is 22.9 Å². The number of pyridine rings is 1. The first-order valence-electron chi connectivity index (χ1n) is 9.59. The Morgan fingerprint density at radius 3 is 2.40 bits per heavy atom. The van der Waals surface area contributed by atoms with Crippen LogP contribution in [0.15, 0.2) is 41.4 Å². The Kier molecular flexibility index (Phi) is 5.05. The number of hydrogen-bond donors (Lipinski definition) is 1. The van der Waals surface area contributed by atoms with E-state index >= 15 is 0 Å². The zero-order valence-corrected chi connectivity index (χ0v) is 17.5. The summed E-state index contributed by atoms with van der Waals surface area (Å²) < 4.78 is 28.5. The third-order valence-corrected chi connectivity index (χ3v) is 7.32. The smallest absolute Gasteiger partial charge is 0.244 e. The van der Waals surface area contributed by atoms with Crippen molar-refractivity contribution >= 4 is 10.0 Å². The Balaban J connectivity index is 1.73. The summed E-state index contributed by atoms with van der Waals surface area (Å²) in [5.41, 5.74) is 2.91. The molecule has 0 aliphatic carbocycles. The lowest BCUT2D eigenvalue weighted by atomic mass is 10.0. The molecule has 30 heavy (non-hydrogen) atoms. The van der Waals surface area contributed by atoms with Gasteiger partial charge in [-0.1, -0.05) is 12.1 Å². The minimum Gasteiger partial charge on any atom is -0.493 e. The van der Waals surface area contributed by atoms with Crippen LogP contribution in [0.4, 0.5) is 0 Å². The Morgan fingerprint density at radius 2 is 1.80 bits per heavy atom. The molecule has 0 amide bonds. The molecule has 0 atom stereocenters. The first-order chi connectivity index (χ1) is 14.3. The fourth-order valence-electron chi connectivity index (χ4n) is 3.71. The molecule has 1 fully saturated rings. The predicted octanol–water partition coefficient (Wildman–Crippen LogP) is 2.91. The van der Waals surface area contributed by atoms with E-state index in [0.717, 1.165) is 18.4 Å². The van der Waals surface area contributed by atoms with Crippen LogP contribution >= 0.6 is 0 Å². The van der Waals surface area contributed by atoms with Crippen LogP contribution in [-0.4, -0.2) is 45.7 Å². The summed E-state index contributed by atoms with van der Waals surface area (Å²) >= 11 is 0. The van der Waals surface area contributed by atoms with E-state index in [0.29, 0.717) is 41.3 Å². The number of aromatic nitrogens is 3. The second-order valence-corrected chi connectivity index (χ2v) is 9.21. The monoisotopic (exact) mass is 423 g/mol. The van der Waals surface area contributed by atoms with Gasteiger partial charge in [0.15, 0.2) is 5.82 Å². The summed E-state index contributed by atoms with van der Waals surface area (Å²) in [5, 5.41) is 24.2. The number of nitriles is 1. The SMILES string of the molecule is Cc1cc(-n2nc(C)c(-c3ccc(C#N)cc3)c2O)ncc1S(=O)(=O)N1CCCC1. The van der Waals surface area contributed by atoms with Gasteiger partial charge in [0.1, 0.15) is 4.90 Å². The van der Waals surface area contributed by atoms with E-state index in [1.54, 1.807) is 44.2 Å². The van der Waals surface area contributed by atoms with Crippen molar-refractivity contribution in [3.05, 3.63) is 53.3 Å². The molecule has 0 unspecified atom stereocenters. The van der Waals surface area contributed by atoms with Crippen molar-refractivity contribution in [2.24, 2.45) is 0 Å². The van der Waals surface area contributed by atoms with Crippen LogP contribution in [0, 0.1) is 25.2 Å². The molecule has 0 bridgehead atoms. The summed E-state index contributed by atoms with van der Waals surface area (Å²) in [6.45, 7) is 4.53. The second kappa shape index (κ2) is 7.55. The molecule has 1 aliphatic heterocycles. The topological polar surface area (TPSA) is 112 Å². The van der Waals surface area contributed by atoms with E-state index in [1.165, 1.54) is 15.2 Å². The molecule has 0 saturated carbocycles. The van der Waals surface area contributed by atoms with Gasteiger partial charge >= 0.3 is 0 Å². The first kappa shape index (κ1) is 20.1. The van der Waals surface area contributed by atoms with E-state index in [4.69, 9.17) is 5.26 Å². The van der Waals surface area contributed by atoms with Crippen molar-refractivity contribution in [1.29, 1.82) is 5.26 Å². The number of sulfonamides is 1. The highest BCUT2D eigenvalue weighted by atomic mass is 32.2. The largest absolute Gasteiger partial charge is 0.493 e. The molecule has 8 nitrogen and oxygen atoms in total. The molecule has 1 aromatic carbocycles. The Hall–Kier alpha value is -3.22. The van der Waals surface area contributed by atoms with E-state index in [1.807, 2.05) is 0 Å². The third-order valence-electron chi connectivity index (χ3n) is 5.29. The minimum atomic E-state index is -3.58. The van der Waals surface area contributed by atoms with Crippen LogP contribution in [0.5, 0.6) is 5.88 Å². The van der Waals surface area contributed by atoms with Gasteiger partial charge in [0.2, 0.25) is 15.9 Å². The van der Waals surface area contributed by atoms with Gasteiger partial charge in [-0.15, -0.1) is 0 Å². The highest BCUT2D eigenvalue weighted by molar-refractivity contribution is 7.89.